The van der Waals surface area contributed by atoms with E-state index in [2.05, 4.69) is 22.5 Å². The van der Waals surface area contributed by atoms with Crippen molar-refractivity contribution in [2.24, 2.45) is 0 Å². The summed E-state index contributed by atoms with van der Waals surface area (Å²) in [6.07, 6.45) is 2.97. The minimum absolute atomic E-state index is 0.0159. The molecule has 2 aromatic carbocycles. The van der Waals surface area contributed by atoms with Crippen molar-refractivity contribution in [3.05, 3.63) is 61.2 Å². The summed E-state index contributed by atoms with van der Waals surface area (Å²) in [6.45, 7) is 6.12. The number of hydrogen-bond donors (Lipinski definition) is 3. The van der Waals surface area contributed by atoms with Gasteiger partial charge in [0.15, 0.2) is 0 Å². The molecule has 0 spiro atoms. The second-order valence-electron chi connectivity index (χ2n) is 5.90. The van der Waals surface area contributed by atoms with Gasteiger partial charge in [0.1, 0.15) is 12.4 Å². The summed E-state index contributed by atoms with van der Waals surface area (Å²) in [7, 11) is 0. The van der Waals surface area contributed by atoms with Crippen LogP contribution in [0.4, 0.5) is 17.1 Å². The van der Waals surface area contributed by atoms with Crippen LogP contribution in [-0.2, 0) is 9.59 Å². The topological polar surface area (TPSA) is 79.5 Å². The number of benzene rings is 2. The van der Waals surface area contributed by atoms with E-state index >= 15 is 0 Å². The molecule has 0 fully saturated rings. The van der Waals surface area contributed by atoms with Crippen molar-refractivity contribution < 1.29 is 14.3 Å². The van der Waals surface area contributed by atoms with Crippen molar-refractivity contribution in [3.63, 3.8) is 0 Å². The number of carbonyl (C=O) groups is 2. The summed E-state index contributed by atoms with van der Waals surface area (Å²) in [6, 6.07) is 14.4. The van der Waals surface area contributed by atoms with Crippen LogP contribution < -0.4 is 20.7 Å². The minimum atomic E-state index is -0.171. The minimum Gasteiger partial charge on any atom is -0.489 e. The van der Waals surface area contributed by atoms with Gasteiger partial charge in [0.25, 0.3) is 0 Å². The number of hydrogen-bond acceptors (Lipinski definition) is 4. The molecule has 2 aromatic rings. The predicted molar refractivity (Wildman–Crippen MR) is 109 cm³/mol. The van der Waals surface area contributed by atoms with Gasteiger partial charge in [-0.25, -0.2) is 0 Å². The van der Waals surface area contributed by atoms with Crippen molar-refractivity contribution in [1.82, 2.24) is 0 Å². The summed E-state index contributed by atoms with van der Waals surface area (Å²) in [5.74, 6) is 0.522. The Morgan fingerprint density at radius 1 is 1.00 bits per heavy atom. The number of nitrogens with one attached hydrogen (secondary N) is 3. The molecule has 0 bridgehead atoms. The van der Waals surface area contributed by atoms with Crippen LogP contribution in [-0.4, -0.2) is 25.0 Å². The summed E-state index contributed by atoms with van der Waals surface area (Å²) in [5.41, 5.74) is 2.17. The van der Waals surface area contributed by atoms with Gasteiger partial charge in [-0.15, -0.1) is 0 Å². The molecule has 3 N–H and O–H groups in total. The van der Waals surface area contributed by atoms with Crippen LogP contribution in [0.5, 0.6) is 5.75 Å². The van der Waals surface area contributed by atoms with Crippen LogP contribution >= 0.6 is 0 Å². The molecule has 27 heavy (non-hydrogen) atoms. The van der Waals surface area contributed by atoms with E-state index in [-0.39, 0.29) is 18.4 Å². The molecule has 6 heteroatoms. The molecule has 0 atom stereocenters. The quantitative estimate of drug-likeness (QED) is 0.554. The number of amides is 2. The highest BCUT2D eigenvalue weighted by atomic mass is 16.5. The molecule has 0 saturated carbocycles. The fourth-order valence-corrected chi connectivity index (χ4v) is 2.33. The zero-order valence-corrected chi connectivity index (χ0v) is 15.5. The van der Waals surface area contributed by atoms with Gasteiger partial charge in [-0.2, -0.15) is 0 Å². The summed E-state index contributed by atoms with van der Waals surface area (Å²) >= 11 is 0. The molecular weight excluding hydrogens is 342 g/mol. The first-order valence-corrected chi connectivity index (χ1v) is 8.88. The van der Waals surface area contributed by atoms with Crippen molar-refractivity contribution in [2.45, 2.75) is 19.8 Å². The molecule has 6 nitrogen and oxygen atoms in total. The molecule has 0 unspecified atom stereocenters. The summed E-state index contributed by atoms with van der Waals surface area (Å²) in [4.78, 5) is 23.7. The van der Waals surface area contributed by atoms with Gasteiger partial charge in [-0.05, 0) is 42.8 Å². The van der Waals surface area contributed by atoms with E-state index in [9.17, 15) is 9.59 Å². The van der Waals surface area contributed by atoms with Crippen molar-refractivity contribution >= 4 is 28.9 Å². The highest BCUT2D eigenvalue weighted by Gasteiger charge is 2.05. The van der Waals surface area contributed by atoms with Gasteiger partial charge in [-0.3, -0.25) is 9.59 Å². The lowest BCUT2D eigenvalue weighted by Gasteiger charge is -2.10. The fraction of sp³-hybridized carbons (Fsp3) is 0.238. The number of anilines is 3. The fourth-order valence-electron chi connectivity index (χ4n) is 2.33. The largest absolute Gasteiger partial charge is 0.489 e. The first-order chi connectivity index (χ1) is 13.1. The van der Waals surface area contributed by atoms with Crippen LogP contribution in [0, 0.1) is 0 Å². The lowest BCUT2D eigenvalue weighted by molar-refractivity contribution is -0.116. The van der Waals surface area contributed by atoms with Gasteiger partial charge in [0.05, 0.1) is 6.54 Å². The Morgan fingerprint density at radius 3 is 2.30 bits per heavy atom. The normalized spacial score (nSPS) is 9.96. The van der Waals surface area contributed by atoms with Crippen LogP contribution in [0.1, 0.15) is 19.8 Å². The maximum absolute atomic E-state index is 12.1. The molecule has 2 amide bonds. The Bertz CT molecular complexity index is 772. The Morgan fingerprint density at radius 2 is 1.67 bits per heavy atom. The maximum atomic E-state index is 12.1. The van der Waals surface area contributed by atoms with E-state index < -0.39 is 0 Å². The highest BCUT2D eigenvalue weighted by Crippen LogP contribution is 2.17. The molecule has 0 heterocycles. The SMILES string of the molecule is C=CCOc1cccc(NCC(=O)Nc2ccc(NC(=O)CCC)cc2)c1. The molecule has 0 aromatic heterocycles. The van der Waals surface area contributed by atoms with Crippen LogP contribution in [0.2, 0.25) is 0 Å². The zero-order chi connectivity index (χ0) is 19.5. The van der Waals surface area contributed by atoms with Gasteiger partial charge >= 0.3 is 0 Å². The van der Waals surface area contributed by atoms with E-state index in [0.717, 1.165) is 12.1 Å². The van der Waals surface area contributed by atoms with E-state index in [1.165, 1.54) is 0 Å². The lowest BCUT2D eigenvalue weighted by atomic mass is 10.2. The molecule has 2 rings (SSSR count). The number of ether oxygens (including phenoxy) is 1. The third kappa shape index (κ3) is 7.23. The lowest BCUT2D eigenvalue weighted by Crippen LogP contribution is -2.21. The molecule has 0 aliphatic heterocycles. The van der Waals surface area contributed by atoms with Crippen LogP contribution in [0.3, 0.4) is 0 Å². The molecule has 0 aliphatic carbocycles. The van der Waals surface area contributed by atoms with Crippen LogP contribution in [0.25, 0.3) is 0 Å². The smallest absolute Gasteiger partial charge is 0.243 e. The van der Waals surface area contributed by atoms with E-state index in [1.54, 1.807) is 30.3 Å². The van der Waals surface area contributed by atoms with Crippen molar-refractivity contribution in [2.75, 3.05) is 29.1 Å². The molecule has 0 radical (unpaired) electrons. The Labute approximate surface area is 159 Å². The Kier molecular flexibility index (Phi) is 7.91. The Hall–Kier alpha value is -3.28. The average Bonchev–Trinajstić information content (AvgIpc) is 2.67. The number of carbonyl (C=O) groups excluding carboxylic acids is 2. The predicted octanol–water partition coefficient (Wildman–Crippen LogP) is 4.04. The van der Waals surface area contributed by atoms with Gasteiger partial charge < -0.3 is 20.7 Å². The van der Waals surface area contributed by atoms with Gasteiger partial charge in [-0.1, -0.05) is 25.6 Å². The third-order valence-electron chi connectivity index (χ3n) is 3.58. The molecule has 0 saturated heterocycles. The maximum Gasteiger partial charge on any atom is 0.243 e. The third-order valence-corrected chi connectivity index (χ3v) is 3.58. The van der Waals surface area contributed by atoms with Crippen molar-refractivity contribution in [1.29, 1.82) is 0 Å². The molecule has 0 aliphatic rings. The monoisotopic (exact) mass is 367 g/mol. The van der Waals surface area contributed by atoms with Crippen LogP contribution in [0.15, 0.2) is 61.2 Å². The second kappa shape index (κ2) is 10.7. The number of rotatable bonds is 10. The van der Waals surface area contributed by atoms with E-state index in [0.29, 0.717) is 30.2 Å². The second-order valence-corrected chi connectivity index (χ2v) is 5.90. The van der Waals surface area contributed by atoms with Crippen molar-refractivity contribution in [3.8, 4) is 5.75 Å². The first kappa shape index (κ1) is 20.0. The van der Waals surface area contributed by atoms with Gasteiger partial charge in [0, 0.05) is 29.5 Å². The van der Waals surface area contributed by atoms with Gasteiger partial charge in [0.2, 0.25) is 11.8 Å². The average molecular weight is 367 g/mol. The van der Waals surface area contributed by atoms with E-state index in [4.69, 9.17) is 4.74 Å². The first-order valence-electron chi connectivity index (χ1n) is 8.88. The summed E-state index contributed by atoms with van der Waals surface area (Å²) in [5, 5.41) is 8.67. The highest BCUT2D eigenvalue weighted by molar-refractivity contribution is 5.94. The van der Waals surface area contributed by atoms with E-state index in [1.807, 2.05) is 31.2 Å². The Balaban J connectivity index is 1.81. The standard InChI is InChI=1S/C21H25N3O3/c1-3-6-20(25)23-16-9-11-17(12-10-16)24-21(26)15-22-18-7-5-8-19(14-18)27-13-4-2/h4-5,7-12,14,22H,2-3,6,13,15H2,1H3,(H,23,25)(H,24,26). The molecular formula is C21H25N3O3. The summed E-state index contributed by atoms with van der Waals surface area (Å²) < 4.78 is 5.46. The zero-order valence-electron chi connectivity index (χ0n) is 15.5. The molecule has 142 valence electrons.